The maximum absolute atomic E-state index is 10.5. The van der Waals surface area contributed by atoms with Crippen LogP contribution in [0.4, 0.5) is 0 Å². The third kappa shape index (κ3) is 7.41. The van der Waals surface area contributed by atoms with Crippen LogP contribution in [0.25, 0.3) is 0 Å². The van der Waals surface area contributed by atoms with Gasteiger partial charge in [0, 0.05) is 6.42 Å². The number of ketones is 1. The van der Waals surface area contributed by atoms with Gasteiger partial charge >= 0.3 is 0 Å². The first kappa shape index (κ1) is 9.41. The standard InChI is InChI=1S/C9H16O/c1-3-4-5-6-7-8-9(2)10/h3-4H,5-8H2,1-2H3. The summed E-state index contributed by atoms with van der Waals surface area (Å²) in [5.41, 5.74) is 0. The van der Waals surface area contributed by atoms with E-state index in [9.17, 15) is 4.79 Å². The minimum Gasteiger partial charge on any atom is -0.300 e. The Labute approximate surface area is 63.1 Å². The number of allylic oxidation sites excluding steroid dienone is 2. The summed E-state index contributed by atoms with van der Waals surface area (Å²) >= 11 is 0. The summed E-state index contributed by atoms with van der Waals surface area (Å²) in [5, 5.41) is 0. The van der Waals surface area contributed by atoms with Gasteiger partial charge in [0.15, 0.2) is 0 Å². The molecule has 0 N–H and O–H groups in total. The fourth-order valence-corrected chi connectivity index (χ4v) is 0.803. The van der Waals surface area contributed by atoms with Crippen LogP contribution >= 0.6 is 0 Å². The van der Waals surface area contributed by atoms with Gasteiger partial charge in [0.25, 0.3) is 0 Å². The number of Topliss-reactive ketones (excluding diaryl/α,β-unsaturated/α-hetero) is 1. The van der Waals surface area contributed by atoms with E-state index in [1.807, 2.05) is 13.0 Å². The number of unbranched alkanes of at least 4 members (excludes halogenated alkanes) is 2. The maximum atomic E-state index is 10.5. The highest BCUT2D eigenvalue weighted by atomic mass is 16.1. The molecule has 0 saturated heterocycles. The van der Waals surface area contributed by atoms with Crippen LogP contribution in [0, 0.1) is 0 Å². The van der Waals surface area contributed by atoms with Crippen molar-refractivity contribution in [2.75, 3.05) is 0 Å². The van der Waals surface area contributed by atoms with Crippen LogP contribution in [0.1, 0.15) is 39.5 Å². The number of hydrogen-bond donors (Lipinski definition) is 0. The summed E-state index contributed by atoms with van der Waals surface area (Å²) in [7, 11) is 0. The van der Waals surface area contributed by atoms with Gasteiger partial charge in [-0.2, -0.15) is 0 Å². The molecule has 0 amide bonds. The summed E-state index contributed by atoms with van der Waals surface area (Å²) in [5.74, 6) is 0.306. The van der Waals surface area contributed by atoms with Gasteiger partial charge in [-0.05, 0) is 33.1 Å². The van der Waals surface area contributed by atoms with Crippen molar-refractivity contribution in [2.45, 2.75) is 39.5 Å². The summed E-state index contributed by atoms with van der Waals surface area (Å²) < 4.78 is 0. The Hall–Kier alpha value is -0.590. The maximum Gasteiger partial charge on any atom is 0.129 e. The van der Waals surface area contributed by atoms with Crippen molar-refractivity contribution in [3.8, 4) is 0 Å². The predicted octanol–water partition coefficient (Wildman–Crippen LogP) is 2.71. The lowest BCUT2D eigenvalue weighted by Gasteiger charge is -1.92. The summed E-state index contributed by atoms with van der Waals surface area (Å²) in [6.45, 7) is 3.67. The van der Waals surface area contributed by atoms with Crippen molar-refractivity contribution >= 4 is 5.78 Å². The first-order valence-electron chi connectivity index (χ1n) is 3.88. The molecule has 0 aromatic carbocycles. The Morgan fingerprint density at radius 2 is 2.10 bits per heavy atom. The zero-order chi connectivity index (χ0) is 7.82. The molecule has 0 aromatic rings. The Balaban J connectivity index is 2.98. The largest absolute Gasteiger partial charge is 0.300 e. The highest BCUT2D eigenvalue weighted by molar-refractivity contribution is 5.75. The molecule has 0 aromatic heterocycles. The van der Waals surface area contributed by atoms with Crippen LogP contribution in [0.15, 0.2) is 12.2 Å². The molecule has 0 spiro atoms. The molecule has 0 aliphatic carbocycles. The van der Waals surface area contributed by atoms with Gasteiger partial charge < -0.3 is 4.79 Å². The van der Waals surface area contributed by atoms with E-state index in [1.165, 1.54) is 0 Å². The average Bonchev–Trinajstić information content (AvgIpc) is 1.87. The monoisotopic (exact) mass is 140 g/mol. The zero-order valence-electron chi connectivity index (χ0n) is 6.89. The van der Waals surface area contributed by atoms with Gasteiger partial charge in [-0.1, -0.05) is 12.2 Å². The molecule has 1 nitrogen and oxygen atoms in total. The first-order chi connectivity index (χ1) is 4.77. The summed E-state index contributed by atoms with van der Waals surface area (Å²) in [6.07, 6.45) is 8.23. The lowest BCUT2D eigenvalue weighted by molar-refractivity contribution is -0.117. The molecule has 0 heterocycles. The smallest absolute Gasteiger partial charge is 0.129 e. The molecule has 0 fully saturated rings. The fraction of sp³-hybridized carbons (Fsp3) is 0.667. The minimum atomic E-state index is 0.306. The molecule has 0 atom stereocenters. The lowest BCUT2D eigenvalue weighted by atomic mass is 10.1. The summed E-state index contributed by atoms with van der Waals surface area (Å²) in [6, 6.07) is 0. The van der Waals surface area contributed by atoms with Crippen molar-refractivity contribution in [3.63, 3.8) is 0 Å². The third-order valence-corrected chi connectivity index (χ3v) is 1.39. The van der Waals surface area contributed by atoms with Crippen LogP contribution in [0.2, 0.25) is 0 Å². The van der Waals surface area contributed by atoms with E-state index in [4.69, 9.17) is 0 Å². The molecule has 0 saturated carbocycles. The van der Waals surface area contributed by atoms with E-state index < -0.39 is 0 Å². The van der Waals surface area contributed by atoms with Crippen LogP contribution < -0.4 is 0 Å². The second-order valence-electron chi connectivity index (χ2n) is 2.52. The topological polar surface area (TPSA) is 17.1 Å². The van der Waals surface area contributed by atoms with Crippen molar-refractivity contribution in [1.29, 1.82) is 0 Å². The van der Waals surface area contributed by atoms with E-state index in [0.29, 0.717) is 5.78 Å². The second kappa shape index (κ2) is 6.53. The molecule has 1 heteroatoms. The van der Waals surface area contributed by atoms with E-state index in [-0.39, 0.29) is 0 Å². The Morgan fingerprint density at radius 1 is 1.40 bits per heavy atom. The van der Waals surface area contributed by atoms with Gasteiger partial charge in [-0.15, -0.1) is 0 Å². The molecule has 0 radical (unpaired) electrons. The van der Waals surface area contributed by atoms with E-state index in [2.05, 4.69) is 6.08 Å². The Bertz CT molecular complexity index is 114. The van der Waals surface area contributed by atoms with E-state index in [1.54, 1.807) is 6.92 Å². The third-order valence-electron chi connectivity index (χ3n) is 1.39. The van der Waals surface area contributed by atoms with Gasteiger partial charge in [-0.25, -0.2) is 0 Å². The van der Waals surface area contributed by atoms with Crippen molar-refractivity contribution in [3.05, 3.63) is 12.2 Å². The van der Waals surface area contributed by atoms with Crippen LogP contribution in [0.3, 0.4) is 0 Å². The van der Waals surface area contributed by atoms with Crippen molar-refractivity contribution in [1.82, 2.24) is 0 Å². The minimum absolute atomic E-state index is 0.306. The van der Waals surface area contributed by atoms with Gasteiger partial charge in [0.2, 0.25) is 0 Å². The van der Waals surface area contributed by atoms with Gasteiger partial charge in [0.05, 0.1) is 0 Å². The molecule has 0 unspecified atom stereocenters. The van der Waals surface area contributed by atoms with Crippen LogP contribution in [-0.2, 0) is 4.79 Å². The molecule has 0 aliphatic heterocycles. The van der Waals surface area contributed by atoms with Gasteiger partial charge in [0.1, 0.15) is 5.78 Å². The number of rotatable bonds is 5. The predicted molar refractivity (Wildman–Crippen MR) is 44.0 cm³/mol. The fourth-order valence-electron chi connectivity index (χ4n) is 0.803. The zero-order valence-corrected chi connectivity index (χ0v) is 6.89. The lowest BCUT2D eigenvalue weighted by Crippen LogP contribution is -1.88. The Kier molecular flexibility index (Phi) is 6.14. The molecule has 0 aliphatic rings. The van der Waals surface area contributed by atoms with Crippen molar-refractivity contribution in [2.24, 2.45) is 0 Å². The molecular formula is C9H16O. The summed E-state index contributed by atoms with van der Waals surface area (Å²) in [4.78, 5) is 10.5. The molecule has 0 bridgehead atoms. The van der Waals surface area contributed by atoms with Crippen LogP contribution in [-0.4, -0.2) is 5.78 Å². The van der Waals surface area contributed by atoms with Gasteiger partial charge in [-0.3, -0.25) is 0 Å². The molecule has 0 rings (SSSR count). The molecule has 58 valence electrons. The average molecular weight is 140 g/mol. The first-order valence-corrected chi connectivity index (χ1v) is 3.88. The van der Waals surface area contributed by atoms with E-state index >= 15 is 0 Å². The number of carbonyl (C=O) groups excluding carboxylic acids is 1. The molecule has 10 heavy (non-hydrogen) atoms. The Morgan fingerprint density at radius 3 is 2.60 bits per heavy atom. The highest BCUT2D eigenvalue weighted by Crippen LogP contribution is 2.00. The number of hydrogen-bond acceptors (Lipinski definition) is 1. The second-order valence-corrected chi connectivity index (χ2v) is 2.52. The van der Waals surface area contributed by atoms with Crippen LogP contribution in [0.5, 0.6) is 0 Å². The van der Waals surface area contributed by atoms with E-state index in [0.717, 1.165) is 25.7 Å². The normalized spacial score (nSPS) is 10.6. The highest BCUT2D eigenvalue weighted by Gasteiger charge is 1.90. The SMILES string of the molecule is CC=CCCCCC(C)=O. The number of carbonyl (C=O) groups is 1. The quantitative estimate of drug-likeness (QED) is 0.424. The molecular weight excluding hydrogens is 124 g/mol. The van der Waals surface area contributed by atoms with Crippen molar-refractivity contribution < 1.29 is 4.79 Å².